The van der Waals surface area contributed by atoms with Gasteiger partial charge in [0, 0.05) is 15.6 Å². The fourth-order valence-corrected chi connectivity index (χ4v) is 3.06. The fraction of sp³-hybridized carbons (Fsp3) is 0.0909. The molecule has 3 nitrogen and oxygen atoms in total. The summed E-state index contributed by atoms with van der Waals surface area (Å²) in [6.07, 6.45) is -0.0176. The Hall–Kier alpha value is -2.62. The van der Waals surface area contributed by atoms with Crippen molar-refractivity contribution in [3.63, 3.8) is 0 Å². The van der Waals surface area contributed by atoms with Gasteiger partial charge in [-0.15, -0.1) is 0 Å². The van der Waals surface area contributed by atoms with Crippen LogP contribution in [-0.2, 0) is 16.0 Å². The Labute approximate surface area is 167 Å². The number of carbonyl (C=O) groups is 2. The van der Waals surface area contributed by atoms with Gasteiger partial charge in [-0.2, -0.15) is 0 Å². The van der Waals surface area contributed by atoms with Crippen molar-refractivity contribution in [1.29, 1.82) is 0 Å². The molecule has 0 radical (unpaired) electrons. The van der Waals surface area contributed by atoms with E-state index in [0.29, 0.717) is 21.2 Å². The van der Waals surface area contributed by atoms with Crippen molar-refractivity contribution < 1.29 is 14.3 Å². The maximum Gasteiger partial charge on any atom is 0.310 e. The van der Waals surface area contributed by atoms with Crippen LogP contribution < -0.4 is 0 Å². The summed E-state index contributed by atoms with van der Waals surface area (Å²) in [6.45, 7) is -0.311. The smallest absolute Gasteiger partial charge is 0.310 e. The first-order chi connectivity index (χ1) is 13.0. The van der Waals surface area contributed by atoms with Gasteiger partial charge in [-0.05, 0) is 28.8 Å². The number of esters is 1. The molecular weight excluding hydrogens is 383 g/mol. The van der Waals surface area contributed by atoms with Crippen LogP contribution in [0.3, 0.4) is 0 Å². The maximum absolute atomic E-state index is 12.2. The Morgan fingerprint density at radius 3 is 2.15 bits per heavy atom. The van der Waals surface area contributed by atoms with Crippen LogP contribution in [0.1, 0.15) is 15.9 Å². The number of Topliss-reactive ketones (excluding diaryl/α,β-unsaturated/α-hetero) is 1. The first-order valence-corrected chi connectivity index (χ1v) is 9.07. The number of rotatable bonds is 6. The molecule has 5 heteroatoms. The highest BCUT2D eigenvalue weighted by Crippen LogP contribution is 2.22. The number of halogens is 2. The van der Waals surface area contributed by atoms with Crippen molar-refractivity contribution in [2.24, 2.45) is 0 Å². The number of hydrogen-bond acceptors (Lipinski definition) is 3. The van der Waals surface area contributed by atoms with Gasteiger partial charge in [0.05, 0.1) is 6.42 Å². The molecule has 136 valence electrons. The van der Waals surface area contributed by atoms with Crippen LogP contribution in [0.2, 0.25) is 10.0 Å². The van der Waals surface area contributed by atoms with E-state index in [2.05, 4.69) is 0 Å². The van der Waals surface area contributed by atoms with Crippen molar-refractivity contribution >= 4 is 35.0 Å². The normalized spacial score (nSPS) is 10.4. The molecular formula is C22H16Cl2O3. The summed E-state index contributed by atoms with van der Waals surface area (Å²) in [6, 6.07) is 21.9. The van der Waals surface area contributed by atoms with Gasteiger partial charge in [0.15, 0.2) is 12.4 Å². The Bertz CT molecular complexity index is 951. The minimum atomic E-state index is -0.520. The molecule has 0 aliphatic rings. The predicted molar refractivity (Wildman–Crippen MR) is 107 cm³/mol. The van der Waals surface area contributed by atoms with Crippen molar-refractivity contribution in [2.45, 2.75) is 6.42 Å². The van der Waals surface area contributed by atoms with Gasteiger partial charge in [-0.25, -0.2) is 0 Å². The summed E-state index contributed by atoms with van der Waals surface area (Å²) in [7, 11) is 0. The molecule has 3 rings (SSSR count). The lowest BCUT2D eigenvalue weighted by molar-refractivity contribution is -0.141. The minimum Gasteiger partial charge on any atom is -0.457 e. The van der Waals surface area contributed by atoms with E-state index in [4.69, 9.17) is 27.9 Å². The Kier molecular flexibility index (Phi) is 6.28. The molecule has 27 heavy (non-hydrogen) atoms. The van der Waals surface area contributed by atoms with E-state index in [-0.39, 0.29) is 18.8 Å². The molecule has 3 aromatic rings. The highest BCUT2D eigenvalue weighted by atomic mass is 35.5. The minimum absolute atomic E-state index is 0.0176. The van der Waals surface area contributed by atoms with Gasteiger partial charge in [-0.3, -0.25) is 9.59 Å². The highest BCUT2D eigenvalue weighted by Gasteiger charge is 2.12. The fourth-order valence-electron chi connectivity index (χ4n) is 2.58. The van der Waals surface area contributed by atoms with Gasteiger partial charge >= 0.3 is 5.97 Å². The largest absolute Gasteiger partial charge is 0.457 e. The molecule has 0 amide bonds. The van der Waals surface area contributed by atoms with Crippen molar-refractivity contribution in [2.75, 3.05) is 6.61 Å². The number of ether oxygens (including phenoxy) is 1. The van der Waals surface area contributed by atoms with E-state index in [9.17, 15) is 9.59 Å². The molecule has 0 fully saturated rings. The SMILES string of the molecule is O=C(Cc1ccc(Cl)cc1Cl)OCC(=O)c1ccc(-c2ccccc2)cc1. The van der Waals surface area contributed by atoms with Crippen LogP contribution in [0, 0.1) is 0 Å². The van der Waals surface area contributed by atoms with E-state index in [0.717, 1.165) is 11.1 Å². The molecule has 3 aromatic carbocycles. The molecule has 0 aliphatic heterocycles. The molecule has 0 N–H and O–H groups in total. The van der Waals surface area contributed by atoms with Crippen LogP contribution in [0.25, 0.3) is 11.1 Å². The number of hydrogen-bond donors (Lipinski definition) is 0. The first kappa shape index (κ1) is 19.2. The Balaban J connectivity index is 1.56. The third-order valence-corrected chi connectivity index (χ3v) is 4.62. The molecule has 0 atom stereocenters. The summed E-state index contributed by atoms with van der Waals surface area (Å²) in [4.78, 5) is 24.2. The maximum atomic E-state index is 12.2. The molecule has 0 heterocycles. The first-order valence-electron chi connectivity index (χ1n) is 8.31. The van der Waals surface area contributed by atoms with Crippen LogP contribution in [0.5, 0.6) is 0 Å². The lowest BCUT2D eigenvalue weighted by Gasteiger charge is -2.07. The summed E-state index contributed by atoms with van der Waals surface area (Å²) in [5.74, 6) is -0.779. The molecule has 0 aromatic heterocycles. The van der Waals surface area contributed by atoms with Crippen molar-refractivity contribution in [3.05, 3.63) is 94.0 Å². The van der Waals surface area contributed by atoms with Crippen LogP contribution in [0.4, 0.5) is 0 Å². The van der Waals surface area contributed by atoms with Crippen LogP contribution in [0.15, 0.2) is 72.8 Å². The summed E-state index contributed by atoms with van der Waals surface area (Å²) in [5.41, 5.74) is 3.18. The predicted octanol–water partition coefficient (Wildman–Crippen LogP) is 5.63. The van der Waals surface area contributed by atoms with E-state index in [1.165, 1.54) is 0 Å². The van der Waals surface area contributed by atoms with Gasteiger partial charge in [0.2, 0.25) is 0 Å². The molecule has 0 saturated carbocycles. The van der Waals surface area contributed by atoms with E-state index in [1.807, 2.05) is 42.5 Å². The zero-order valence-electron chi connectivity index (χ0n) is 14.3. The van der Waals surface area contributed by atoms with Gasteiger partial charge < -0.3 is 4.74 Å². The van der Waals surface area contributed by atoms with Gasteiger partial charge in [0.25, 0.3) is 0 Å². The molecule has 0 saturated heterocycles. The van der Waals surface area contributed by atoms with E-state index in [1.54, 1.807) is 30.3 Å². The van der Waals surface area contributed by atoms with E-state index >= 15 is 0 Å². The van der Waals surface area contributed by atoms with Crippen molar-refractivity contribution in [1.82, 2.24) is 0 Å². The number of ketones is 1. The van der Waals surface area contributed by atoms with Crippen LogP contribution >= 0.6 is 23.2 Å². The molecule has 0 spiro atoms. The molecule has 0 bridgehead atoms. The third-order valence-electron chi connectivity index (χ3n) is 4.03. The average molecular weight is 399 g/mol. The third kappa shape index (κ3) is 5.19. The number of carbonyl (C=O) groups excluding carboxylic acids is 2. The zero-order valence-corrected chi connectivity index (χ0v) is 15.8. The standard InChI is InChI=1S/C22H16Cl2O3/c23-19-11-10-18(20(24)13-19)12-22(26)27-14-21(25)17-8-6-16(7-9-17)15-4-2-1-3-5-15/h1-11,13H,12,14H2. The van der Waals surface area contributed by atoms with Gasteiger partial charge in [0.1, 0.15) is 0 Å². The van der Waals surface area contributed by atoms with Crippen LogP contribution in [-0.4, -0.2) is 18.4 Å². The Morgan fingerprint density at radius 1 is 0.815 bits per heavy atom. The quantitative estimate of drug-likeness (QED) is 0.399. The second-order valence-corrected chi connectivity index (χ2v) is 6.78. The Morgan fingerprint density at radius 2 is 1.48 bits per heavy atom. The average Bonchev–Trinajstić information content (AvgIpc) is 2.69. The second kappa shape index (κ2) is 8.85. The molecule has 0 aliphatic carbocycles. The molecule has 0 unspecified atom stereocenters. The second-order valence-electron chi connectivity index (χ2n) is 5.94. The van der Waals surface area contributed by atoms with Gasteiger partial charge in [-0.1, -0.05) is 83.9 Å². The highest BCUT2D eigenvalue weighted by molar-refractivity contribution is 6.35. The lowest BCUT2D eigenvalue weighted by atomic mass is 10.0. The summed E-state index contributed by atoms with van der Waals surface area (Å²) >= 11 is 11.9. The van der Waals surface area contributed by atoms with Crippen molar-refractivity contribution in [3.8, 4) is 11.1 Å². The summed E-state index contributed by atoms with van der Waals surface area (Å²) in [5, 5.41) is 0.883. The number of benzene rings is 3. The monoisotopic (exact) mass is 398 g/mol. The summed E-state index contributed by atoms with van der Waals surface area (Å²) < 4.78 is 5.08. The van der Waals surface area contributed by atoms with E-state index < -0.39 is 5.97 Å². The zero-order chi connectivity index (χ0) is 19.2. The topological polar surface area (TPSA) is 43.4 Å². The lowest BCUT2D eigenvalue weighted by Crippen LogP contribution is -2.15.